The van der Waals surface area contributed by atoms with Crippen molar-refractivity contribution in [3.63, 3.8) is 0 Å². The number of rotatable bonds is 1. The Morgan fingerprint density at radius 1 is 1.32 bits per heavy atom. The number of halogens is 1. The van der Waals surface area contributed by atoms with E-state index in [0.29, 0.717) is 24.6 Å². The van der Waals surface area contributed by atoms with Crippen molar-refractivity contribution in [2.24, 2.45) is 5.73 Å². The molecule has 2 N–H and O–H groups in total. The van der Waals surface area contributed by atoms with Crippen LogP contribution in [0.5, 0.6) is 11.5 Å². The highest BCUT2D eigenvalue weighted by Crippen LogP contribution is 2.31. The van der Waals surface area contributed by atoms with Crippen molar-refractivity contribution >= 4 is 18.3 Å². The molecular formula is C13H17ClN2O3. The van der Waals surface area contributed by atoms with Crippen LogP contribution in [0.4, 0.5) is 0 Å². The molecule has 104 valence electrons. The van der Waals surface area contributed by atoms with Gasteiger partial charge >= 0.3 is 0 Å². The van der Waals surface area contributed by atoms with Crippen LogP contribution >= 0.6 is 12.4 Å². The fraction of sp³-hybridized carbons (Fsp3) is 0.462. The molecule has 2 heterocycles. The fourth-order valence-corrected chi connectivity index (χ4v) is 2.33. The van der Waals surface area contributed by atoms with E-state index in [2.05, 4.69) is 0 Å². The standard InChI is InChI=1S/C13H16N2O3.ClH/c14-9-5-6-15(7-9)13(16)12-8-17-10-3-1-2-4-11(10)18-12;/h1-4,9,12H,5-8,14H2;1H/t9-,12?;/m1./s1. The summed E-state index contributed by atoms with van der Waals surface area (Å²) < 4.78 is 11.2. The lowest BCUT2D eigenvalue weighted by Crippen LogP contribution is -2.46. The molecule has 0 saturated carbocycles. The number of benzene rings is 1. The van der Waals surface area contributed by atoms with E-state index in [1.165, 1.54) is 0 Å². The second kappa shape index (κ2) is 5.67. The van der Waals surface area contributed by atoms with Crippen LogP contribution in [-0.2, 0) is 4.79 Å². The smallest absolute Gasteiger partial charge is 0.267 e. The number of nitrogens with two attached hydrogens (primary N) is 1. The minimum absolute atomic E-state index is 0. The summed E-state index contributed by atoms with van der Waals surface area (Å²) in [6.45, 7) is 1.59. The summed E-state index contributed by atoms with van der Waals surface area (Å²) in [5.41, 5.74) is 5.80. The van der Waals surface area contributed by atoms with E-state index < -0.39 is 6.10 Å². The minimum Gasteiger partial charge on any atom is -0.485 e. The summed E-state index contributed by atoms with van der Waals surface area (Å²) in [6.07, 6.45) is 0.306. The van der Waals surface area contributed by atoms with Crippen LogP contribution in [0.1, 0.15) is 6.42 Å². The van der Waals surface area contributed by atoms with Crippen LogP contribution in [0.15, 0.2) is 24.3 Å². The summed E-state index contributed by atoms with van der Waals surface area (Å²) in [5, 5.41) is 0. The predicted molar refractivity (Wildman–Crippen MR) is 72.8 cm³/mol. The Balaban J connectivity index is 0.00000133. The van der Waals surface area contributed by atoms with Gasteiger partial charge in [-0.2, -0.15) is 0 Å². The second-order valence-corrected chi connectivity index (χ2v) is 4.70. The highest BCUT2D eigenvalue weighted by atomic mass is 35.5. The molecule has 2 aliphatic rings. The zero-order chi connectivity index (χ0) is 12.5. The first-order valence-electron chi connectivity index (χ1n) is 6.17. The number of hydrogen-bond acceptors (Lipinski definition) is 4. The van der Waals surface area contributed by atoms with Gasteiger partial charge in [0, 0.05) is 19.1 Å². The van der Waals surface area contributed by atoms with E-state index in [-0.39, 0.29) is 31.0 Å². The number of para-hydroxylation sites is 2. The Morgan fingerprint density at radius 2 is 2.05 bits per heavy atom. The number of hydrogen-bond donors (Lipinski definition) is 1. The Kier molecular flexibility index (Phi) is 4.17. The van der Waals surface area contributed by atoms with Gasteiger partial charge < -0.3 is 20.1 Å². The van der Waals surface area contributed by atoms with E-state index in [9.17, 15) is 4.79 Å². The third-order valence-corrected chi connectivity index (χ3v) is 3.32. The summed E-state index contributed by atoms with van der Waals surface area (Å²) in [7, 11) is 0. The lowest BCUT2D eigenvalue weighted by Gasteiger charge is -2.28. The lowest BCUT2D eigenvalue weighted by atomic mass is 10.2. The Bertz CT molecular complexity index is 469. The van der Waals surface area contributed by atoms with Crippen molar-refractivity contribution in [1.82, 2.24) is 4.90 Å². The number of carbonyl (C=O) groups is 1. The van der Waals surface area contributed by atoms with E-state index in [1.54, 1.807) is 4.90 Å². The van der Waals surface area contributed by atoms with Gasteiger partial charge in [0.2, 0.25) is 6.10 Å². The average Bonchev–Trinajstić information content (AvgIpc) is 2.84. The fourth-order valence-electron chi connectivity index (χ4n) is 2.33. The average molecular weight is 285 g/mol. The van der Waals surface area contributed by atoms with Crippen molar-refractivity contribution in [3.8, 4) is 11.5 Å². The molecule has 1 fully saturated rings. The molecule has 0 aromatic heterocycles. The maximum atomic E-state index is 12.2. The SMILES string of the molecule is Cl.N[C@@H]1CCN(C(=O)C2COc3ccccc3O2)C1. The normalized spacial score (nSPS) is 24.8. The number of ether oxygens (including phenoxy) is 2. The van der Waals surface area contributed by atoms with Gasteiger partial charge in [0.15, 0.2) is 11.5 Å². The second-order valence-electron chi connectivity index (χ2n) is 4.70. The summed E-state index contributed by atoms with van der Waals surface area (Å²) >= 11 is 0. The number of fused-ring (bicyclic) bond motifs is 1. The number of likely N-dealkylation sites (tertiary alicyclic amines) is 1. The van der Waals surface area contributed by atoms with Gasteiger partial charge in [-0.1, -0.05) is 12.1 Å². The van der Waals surface area contributed by atoms with Crippen molar-refractivity contribution in [3.05, 3.63) is 24.3 Å². The molecule has 0 radical (unpaired) electrons. The quantitative estimate of drug-likeness (QED) is 0.829. The van der Waals surface area contributed by atoms with Crippen molar-refractivity contribution in [2.75, 3.05) is 19.7 Å². The molecule has 6 heteroatoms. The zero-order valence-electron chi connectivity index (χ0n) is 10.5. The first-order valence-corrected chi connectivity index (χ1v) is 6.17. The van der Waals surface area contributed by atoms with E-state index >= 15 is 0 Å². The van der Waals surface area contributed by atoms with Gasteiger partial charge in [0.25, 0.3) is 5.91 Å². The molecule has 0 bridgehead atoms. The highest BCUT2D eigenvalue weighted by Gasteiger charge is 2.33. The molecule has 0 aliphatic carbocycles. The summed E-state index contributed by atoms with van der Waals surface area (Å²) in [6, 6.07) is 7.47. The Morgan fingerprint density at radius 3 is 2.74 bits per heavy atom. The van der Waals surface area contributed by atoms with Crippen LogP contribution in [-0.4, -0.2) is 42.6 Å². The van der Waals surface area contributed by atoms with E-state index in [4.69, 9.17) is 15.2 Å². The number of amides is 1. The molecule has 1 aromatic rings. The zero-order valence-corrected chi connectivity index (χ0v) is 11.3. The van der Waals surface area contributed by atoms with Gasteiger partial charge in [-0.25, -0.2) is 0 Å². The third kappa shape index (κ3) is 2.77. The van der Waals surface area contributed by atoms with Gasteiger partial charge in [-0.05, 0) is 18.6 Å². The topological polar surface area (TPSA) is 64.8 Å². The monoisotopic (exact) mass is 284 g/mol. The third-order valence-electron chi connectivity index (χ3n) is 3.32. The van der Waals surface area contributed by atoms with Crippen LogP contribution in [0.3, 0.4) is 0 Å². The van der Waals surface area contributed by atoms with Crippen molar-refractivity contribution in [2.45, 2.75) is 18.6 Å². The molecule has 1 aromatic carbocycles. The van der Waals surface area contributed by atoms with E-state index in [1.807, 2.05) is 24.3 Å². The van der Waals surface area contributed by atoms with Crippen LogP contribution in [0, 0.1) is 0 Å². The minimum atomic E-state index is -0.551. The highest BCUT2D eigenvalue weighted by molar-refractivity contribution is 5.85. The van der Waals surface area contributed by atoms with Crippen molar-refractivity contribution < 1.29 is 14.3 Å². The Hall–Kier alpha value is -1.46. The molecule has 2 atom stereocenters. The largest absolute Gasteiger partial charge is 0.485 e. The van der Waals surface area contributed by atoms with E-state index in [0.717, 1.165) is 6.42 Å². The lowest BCUT2D eigenvalue weighted by molar-refractivity contribution is -0.140. The van der Waals surface area contributed by atoms with Gasteiger partial charge in [0.05, 0.1) is 0 Å². The predicted octanol–water partition coefficient (Wildman–Crippen LogP) is 0.808. The first kappa shape index (κ1) is 14.0. The van der Waals surface area contributed by atoms with Crippen molar-refractivity contribution in [1.29, 1.82) is 0 Å². The Labute approximate surface area is 118 Å². The van der Waals surface area contributed by atoms with Gasteiger partial charge in [0.1, 0.15) is 6.61 Å². The van der Waals surface area contributed by atoms with Gasteiger partial charge in [-0.15, -0.1) is 12.4 Å². The number of nitrogens with zero attached hydrogens (tertiary/aromatic N) is 1. The maximum Gasteiger partial charge on any atom is 0.267 e. The molecule has 5 nitrogen and oxygen atoms in total. The molecule has 0 spiro atoms. The first-order chi connectivity index (χ1) is 8.74. The van der Waals surface area contributed by atoms with Crippen LogP contribution < -0.4 is 15.2 Å². The maximum absolute atomic E-state index is 12.2. The summed E-state index contributed by atoms with van der Waals surface area (Å²) in [4.78, 5) is 14.0. The molecular weight excluding hydrogens is 268 g/mol. The molecule has 2 aliphatic heterocycles. The number of carbonyl (C=O) groups excluding carboxylic acids is 1. The van der Waals surface area contributed by atoms with Gasteiger partial charge in [-0.3, -0.25) is 4.79 Å². The van der Waals surface area contributed by atoms with Crippen LogP contribution in [0.25, 0.3) is 0 Å². The molecule has 19 heavy (non-hydrogen) atoms. The molecule has 1 amide bonds. The molecule has 1 saturated heterocycles. The molecule has 3 rings (SSSR count). The molecule has 1 unspecified atom stereocenters. The van der Waals surface area contributed by atoms with Crippen LogP contribution in [0.2, 0.25) is 0 Å². The summed E-state index contributed by atoms with van der Waals surface area (Å²) in [5.74, 6) is 1.29.